The van der Waals surface area contributed by atoms with Crippen molar-refractivity contribution < 1.29 is 4.79 Å². The fourth-order valence-electron chi connectivity index (χ4n) is 4.41. The highest BCUT2D eigenvalue weighted by Gasteiger charge is 2.28. The van der Waals surface area contributed by atoms with E-state index in [9.17, 15) is 4.79 Å². The van der Waals surface area contributed by atoms with Gasteiger partial charge in [-0.1, -0.05) is 31.0 Å². The lowest BCUT2D eigenvalue weighted by Gasteiger charge is -2.40. The third-order valence-corrected chi connectivity index (χ3v) is 6.12. The molecule has 1 atom stereocenters. The topological polar surface area (TPSA) is 23.6 Å². The molecule has 4 rings (SSSR count). The van der Waals surface area contributed by atoms with Gasteiger partial charge in [0.05, 0.1) is 6.04 Å². The second kappa shape index (κ2) is 6.74. The summed E-state index contributed by atoms with van der Waals surface area (Å²) in [7, 11) is 0. The maximum Gasteiger partial charge on any atom is 0.141 e. The van der Waals surface area contributed by atoms with E-state index in [2.05, 4.69) is 28.0 Å². The number of hydrogen-bond donors (Lipinski definition) is 0. The first-order valence-corrected chi connectivity index (χ1v) is 9.40. The van der Waals surface area contributed by atoms with Crippen LogP contribution in [-0.2, 0) is 17.8 Å². The minimum absolute atomic E-state index is 0.0368. The van der Waals surface area contributed by atoms with E-state index in [1.807, 2.05) is 0 Å². The van der Waals surface area contributed by atoms with Crippen LogP contribution in [0.5, 0.6) is 0 Å². The van der Waals surface area contributed by atoms with Crippen LogP contribution in [0.25, 0.3) is 0 Å². The summed E-state index contributed by atoms with van der Waals surface area (Å²) in [4.78, 5) is 16.7. The molecular weight excluding hydrogens is 284 g/mol. The lowest BCUT2D eigenvalue weighted by molar-refractivity contribution is -0.113. The number of hydrogen-bond acceptors (Lipinski definition) is 3. The second-order valence-corrected chi connectivity index (χ2v) is 7.51. The quantitative estimate of drug-likeness (QED) is 0.797. The summed E-state index contributed by atoms with van der Waals surface area (Å²) >= 11 is 0. The summed E-state index contributed by atoms with van der Waals surface area (Å²) in [6.45, 7) is 4.43. The Morgan fingerprint density at radius 2 is 1.83 bits per heavy atom. The number of rotatable bonds is 4. The number of aldehydes is 1. The van der Waals surface area contributed by atoms with E-state index in [1.165, 1.54) is 61.8 Å². The minimum atomic E-state index is -0.0368. The molecule has 2 fully saturated rings. The molecule has 124 valence electrons. The molecule has 3 nitrogen and oxygen atoms in total. The van der Waals surface area contributed by atoms with Crippen molar-refractivity contribution in [2.75, 3.05) is 19.6 Å². The van der Waals surface area contributed by atoms with Gasteiger partial charge in [-0.2, -0.15) is 0 Å². The van der Waals surface area contributed by atoms with Gasteiger partial charge in [0.25, 0.3) is 0 Å². The van der Waals surface area contributed by atoms with Gasteiger partial charge in [-0.05, 0) is 61.9 Å². The van der Waals surface area contributed by atoms with Crippen molar-refractivity contribution in [3.63, 3.8) is 0 Å². The van der Waals surface area contributed by atoms with Crippen molar-refractivity contribution in [3.8, 4) is 0 Å². The van der Waals surface area contributed by atoms with Gasteiger partial charge in [0.1, 0.15) is 6.29 Å². The molecule has 1 saturated carbocycles. The van der Waals surface area contributed by atoms with Gasteiger partial charge in [-0.3, -0.25) is 9.80 Å². The molecule has 23 heavy (non-hydrogen) atoms. The molecule has 0 radical (unpaired) electrons. The average molecular weight is 312 g/mol. The molecular formula is C20H28N2O. The van der Waals surface area contributed by atoms with Crippen molar-refractivity contribution in [3.05, 3.63) is 34.9 Å². The van der Waals surface area contributed by atoms with E-state index in [-0.39, 0.29) is 6.04 Å². The maximum absolute atomic E-state index is 11.7. The Kier molecular flexibility index (Phi) is 4.50. The van der Waals surface area contributed by atoms with Crippen LogP contribution in [0.2, 0.25) is 0 Å². The van der Waals surface area contributed by atoms with E-state index in [0.29, 0.717) is 0 Å². The highest BCUT2D eigenvalue weighted by atomic mass is 16.1. The minimum Gasteiger partial charge on any atom is -0.301 e. The predicted octanol–water partition coefficient (Wildman–Crippen LogP) is 3.32. The Balaban J connectivity index is 1.51. The number of carbonyl (C=O) groups is 1. The fourth-order valence-corrected chi connectivity index (χ4v) is 4.41. The molecule has 0 spiro atoms. The van der Waals surface area contributed by atoms with Gasteiger partial charge < -0.3 is 4.79 Å². The maximum atomic E-state index is 11.7. The van der Waals surface area contributed by atoms with Crippen LogP contribution in [0.4, 0.5) is 0 Å². The zero-order chi connectivity index (χ0) is 15.6. The fraction of sp³-hybridized carbons (Fsp3) is 0.650. The van der Waals surface area contributed by atoms with E-state index < -0.39 is 0 Å². The predicted molar refractivity (Wildman–Crippen MR) is 92.4 cm³/mol. The lowest BCUT2D eigenvalue weighted by Crippen LogP contribution is -2.43. The van der Waals surface area contributed by atoms with Crippen LogP contribution < -0.4 is 0 Å². The smallest absolute Gasteiger partial charge is 0.141 e. The zero-order valence-electron chi connectivity index (χ0n) is 14.0. The van der Waals surface area contributed by atoms with Gasteiger partial charge in [-0.15, -0.1) is 0 Å². The molecule has 0 N–H and O–H groups in total. The summed E-state index contributed by atoms with van der Waals surface area (Å²) in [5.74, 6) is 0. The van der Waals surface area contributed by atoms with Gasteiger partial charge in [0.15, 0.2) is 0 Å². The van der Waals surface area contributed by atoms with Crippen molar-refractivity contribution in [2.45, 2.75) is 63.6 Å². The van der Waals surface area contributed by atoms with Crippen LogP contribution in [0.1, 0.15) is 61.3 Å². The van der Waals surface area contributed by atoms with Gasteiger partial charge >= 0.3 is 0 Å². The molecule has 3 heteroatoms. The second-order valence-electron chi connectivity index (χ2n) is 7.51. The van der Waals surface area contributed by atoms with E-state index >= 15 is 0 Å². The zero-order valence-corrected chi connectivity index (χ0v) is 14.0. The van der Waals surface area contributed by atoms with Crippen molar-refractivity contribution in [1.29, 1.82) is 0 Å². The normalized spacial score (nSPS) is 24.7. The SMILES string of the molecule is O=CC(c1ccc2c(c1)CCN(C1CCC1)C2)N1CCCCC1. The number of likely N-dealkylation sites (tertiary alicyclic amines) is 1. The summed E-state index contributed by atoms with van der Waals surface area (Å²) in [6.07, 6.45) is 10.2. The first kappa shape index (κ1) is 15.3. The van der Waals surface area contributed by atoms with Gasteiger partial charge in [0.2, 0.25) is 0 Å². The number of nitrogens with zero attached hydrogens (tertiary/aromatic N) is 2. The van der Waals surface area contributed by atoms with Crippen LogP contribution in [0, 0.1) is 0 Å². The molecule has 0 amide bonds. The Morgan fingerprint density at radius 3 is 2.52 bits per heavy atom. The molecule has 2 heterocycles. The number of piperidine rings is 1. The molecule has 1 aliphatic carbocycles. The van der Waals surface area contributed by atoms with Crippen molar-refractivity contribution in [1.82, 2.24) is 9.80 Å². The summed E-state index contributed by atoms with van der Waals surface area (Å²) in [5.41, 5.74) is 4.16. The monoisotopic (exact) mass is 312 g/mol. The highest BCUT2D eigenvalue weighted by molar-refractivity contribution is 5.62. The van der Waals surface area contributed by atoms with Crippen LogP contribution in [-0.4, -0.2) is 41.8 Å². The molecule has 0 bridgehead atoms. The average Bonchev–Trinajstić information content (AvgIpc) is 2.55. The third kappa shape index (κ3) is 3.09. The van der Waals surface area contributed by atoms with Gasteiger partial charge in [-0.25, -0.2) is 0 Å². The molecule has 1 aromatic rings. The van der Waals surface area contributed by atoms with E-state index in [0.717, 1.165) is 38.4 Å². The largest absolute Gasteiger partial charge is 0.301 e. The highest BCUT2D eigenvalue weighted by Crippen LogP contribution is 2.31. The van der Waals surface area contributed by atoms with Crippen LogP contribution in [0.3, 0.4) is 0 Å². The Hall–Kier alpha value is -1.19. The van der Waals surface area contributed by atoms with Crippen molar-refractivity contribution >= 4 is 6.29 Å². The first-order valence-electron chi connectivity index (χ1n) is 9.40. The molecule has 1 aromatic carbocycles. The summed E-state index contributed by atoms with van der Waals surface area (Å²) in [5, 5.41) is 0. The molecule has 1 saturated heterocycles. The van der Waals surface area contributed by atoms with E-state index in [4.69, 9.17) is 0 Å². The summed E-state index contributed by atoms with van der Waals surface area (Å²) < 4.78 is 0. The Labute approximate surface area is 139 Å². The molecule has 3 aliphatic rings. The van der Waals surface area contributed by atoms with Crippen LogP contribution >= 0.6 is 0 Å². The van der Waals surface area contributed by atoms with Gasteiger partial charge in [0, 0.05) is 19.1 Å². The van der Waals surface area contributed by atoms with Crippen LogP contribution in [0.15, 0.2) is 18.2 Å². The summed E-state index contributed by atoms with van der Waals surface area (Å²) in [6, 6.07) is 7.61. The lowest BCUT2D eigenvalue weighted by atomic mass is 9.88. The standard InChI is InChI=1S/C20H28N2O/c23-15-20(21-10-2-1-3-11-21)17-7-8-18-14-22(19-5-4-6-19)12-9-16(18)13-17/h7-8,13,15,19-20H,1-6,9-12,14H2. The Bertz CT molecular complexity index is 561. The number of fused-ring (bicyclic) bond motifs is 1. The van der Waals surface area contributed by atoms with E-state index in [1.54, 1.807) is 0 Å². The van der Waals surface area contributed by atoms with Crippen molar-refractivity contribution in [2.24, 2.45) is 0 Å². The first-order chi connectivity index (χ1) is 11.3. The Morgan fingerprint density at radius 1 is 1.00 bits per heavy atom. The molecule has 2 aliphatic heterocycles. The third-order valence-electron chi connectivity index (χ3n) is 6.12. The molecule has 0 aromatic heterocycles. The molecule has 1 unspecified atom stereocenters. The number of benzene rings is 1. The number of carbonyl (C=O) groups excluding carboxylic acids is 1.